The van der Waals surface area contributed by atoms with Crippen molar-refractivity contribution in [3.05, 3.63) is 0 Å². The summed E-state index contributed by atoms with van der Waals surface area (Å²) >= 11 is 1.53. The number of rotatable bonds is 7. The highest BCUT2D eigenvalue weighted by Crippen LogP contribution is 2.06. The monoisotopic (exact) mass is 233 g/mol. The average Bonchev–Trinajstić information content (AvgIpc) is 2.11. The summed E-state index contributed by atoms with van der Waals surface area (Å²) in [4.78, 5) is 22.0. The molecule has 0 radical (unpaired) electrons. The van der Waals surface area contributed by atoms with Crippen LogP contribution in [0.4, 0.5) is 0 Å². The lowest BCUT2D eigenvalue weighted by atomic mass is 10.1. The summed E-state index contributed by atoms with van der Waals surface area (Å²) in [5.41, 5.74) is -1.18. The maximum Gasteiger partial charge on any atom is 0.328 e. The third kappa shape index (κ3) is 6.38. The van der Waals surface area contributed by atoms with Gasteiger partial charge in [-0.1, -0.05) is 13.3 Å². The number of carbonyl (C=O) groups excluding carboxylic acids is 1. The number of amides is 1. The van der Waals surface area contributed by atoms with Gasteiger partial charge in [-0.25, -0.2) is 4.79 Å². The molecule has 2 N–H and O–H groups in total. The summed E-state index contributed by atoms with van der Waals surface area (Å²) in [6, 6.07) is 0. The number of aliphatic carboxylic acids is 1. The van der Waals surface area contributed by atoms with E-state index in [-0.39, 0.29) is 5.91 Å². The first-order valence-electron chi connectivity index (χ1n) is 5.02. The molecule has 0 heterocycles. The predicted octanol–water partition coefficient (Wildman–Crippen LogP) is 1.50. The van der Waals surface area contributed by atoms with Gasteiger partial charge in [0, 0.05) is 0 Å². The molecule has 0 aromatic carbocycles. The lowest BCUT2D eigenvalue weighted by Gasteiger charge is -2.20. The lowest BCUT2D eigenvalue weighted by molar-refractivity contribution is -0.145. The molecule has 88 valence electrons. The largest absolute Gasteiger partial charge is 0.480 e. The highest BCUT2D eigenvalue weighted by Gasteiger charge is 2.28. The zero-order valence-corrected chi connectivity index (χ0v) is 10.3. The molecule has 0 rings (SSSR count). The highest BCUT2D eigenvalue weighted by molar-refractivity contribution is 7.99. The Morgan fingerprint density at radius 1 is 1.40 bits per heavy atom. The minimum Gasteiger partial charge on any atom is -0.480 e. The molecule has 0 bridgehead atoms. The smallest absolute Gasteiger partial charge is 0.328 e. The Hall–Kier alpha value is -0.710. The molecule has 0 aliphatic heterocycles. The Morgan fingerprint density at radius 2 is 2.00 bits per heavy atom. The van der Waals surface area contributed by atoms with Crippen molar-refractivity contribution in [3.63, 3.8) is 0 Å². The summed E-state index contributed by atoms with van der Waals surface area (Å²) < 4.78 is 0. The maximum atomic E-state index is 11.3. The molecule has 0 saturated heterocycles. The van der Waals surface area contributed by atoms with Gasteiger partial charge in [0.1, 0.15) is 5.54 Å². The van der Waals surface area contributed by atoms with Crippen molar-refractivity contribution in [3.8, 4) is 0 Å². The van der Waals surface area contributed by atoms with Crippen LogP contribution in [0.3, 0.4) is 0 Å². The SMILES string of the molecule is CCCCSCC(=O)NC(C)(C)C(=O)O. The van der Waals surface area contributed by atoms with Crippen LogP contribution in [-0.2, 0) is 9.59 Å². The Kier molecular flexibility index (Phi) is 6.40. The van der Waals surface area contributed by atoms with E-state index in [1.165, 1.54) is 25.6 Å². The average molecular weight is 233 g/mol. The molecule has 0 atom stereocenters. The van der Waals surface area contributed by atoms with Gasteiger partial charge >= 0.3 is 5.97 Å². The van der Waals surface area contributed by atoms with E-state index in [1.54, 1.807) is 0 Å². The summed E-state index contributed by atoms with van der Waals surface area (Å²) in [5.74, 6) is 0.0339. The van der Waals surface area contributed by atoms with Gasteiger partial charge in [0.15, 0.2) is 0 Å². The van der Waals surface area contributed by atoms with E-state index >= 15 is 0 Å². The van der Waals surface area contributed by atoms with Gasteiger partial charge in [-0.3, -0.25) is 4.79 Å². The third-order valence-corrected chi connectivity index (χ3v) is 2.91. The van der Waals surface area contributed by atoms with E-state index in [1.807, 2.05) is 0 Å². The highest BCUT2D eigenvalue weighted by atomic mass is 32.2. The number of carbonyl (C=O) groups is 2. The topological polar surface area (TPSA) is 66.4 Å². The van der Waals surface area contributed by atoms with Crippen molar-refractivity contribution in [1.82, 2.24) is 5.32 Å². The van der Waals surface area contributed by atoms with Crippen molar-refractivity contribution in [2.24, 2.45) is 0 Å². The molecule has 0 aromatic rings. The zero-order valence-electron chi connectivity index (χ0n) is 9.50. The quantitative estimate of drug-likeness (QED) is 0.654. The van der Waals surface area contributed by atoms with Gasteiger partial charge in [0.25, 0.3) is 0 Å². The van der Waals surface area contributed by atoms with Crippen molar-refractivity contribution in [2.75, 3.05) is 11.5 Å². The fourth-order valence-corrected chi connectivity index (χ4v) is 1.74. The van der Waals surface area contributed by atoms with Crippen molar-refractivity contribution >= 4 is 23.6 Å². The number of hydrogen-bond acceptors (Lipinski definition) is 3. The van der Waals surface area contributed by atoms with Crippen LogP contribution < -0.4 is 5.32 Å². The lowest BCUT2D eigenvalue weighted by Crippen LogP contribution is -2.50. The van der Waals surface area contributed by atoms with Crippen molar-refractivity contribution < 1.29 is 14.7 Å². The van der Waals surface area contributed by atoms with Gasteiger partial charge in [0.05, 0.1) is 5.75 Å². The van der Waals surface area contributed by atoms with Gasteiger partial charge in [0.2, 0.25) is 5.91 Å². The van der Waals surface area contributed by atoms with Crippen LogP contribution in [0.2, 0.25) is 0 Å². The van der Waals surface area contributed by atoms with E-state index in [4.69, 9.17) is 5.11 Å². The Labute approximate surface area is 94.8 Å². The van der Waals surface area contributed by atoms with Crippen molar-refractivity contribution in [1.29, 1.82) is 0 Å². The van der Waals surface area contributed by atoms with Gasteiger partial charge < -0.3 is 10.4 Å². The van der Waals surface area contributed by atoms with E-state index in [0.717, 1.165) is 18.6 Å². The van der Waals surface area contributed by atoms with Crippen LogP contribution in [0.25, 0.3) is 0 Å². The maximum absolute atomic E-state index is 11.3. The summed E-state index contributed by atoms with van der Waals surface area (Å²) in [6.07, 6.45) is 2.19. The molecule has 0 aliphatic rings. The standard InChI is InChI=1S/C10H19NO3S/c1-4-5-6-15-7-8(12)11-10(2,3)9(13)14/h4-7H2,1-3H3,(H,11,12)(H,13,14). The number of nitrogens with one attached hydrogen (secondary N) is 1. The molecule has 15 heavy (non-hydrogen) atoms. The van der Waals surface area contributed by atoms with Crippen LogP contribution in [0.15, 0.2) is 0 Å². The molecular formula is C10H19NO3S. The van der Waals surface area contributed by atoms with Gasteiger partial charge in [-0.05, 0) is 26.0 Å². The molecule has 0 fully saturated rings. The van der Waals surface area contributed by atoms with Crippen LogP contribution >= 0.6 is 11.8 Å². The van der Waals surface area contributed by atoms with E-state index in [0.29, 0.717) is 5.75 Å². The molecule has 0 spiro atoms. The number of thioether (sulfide) groups is 1. The van der Waals surface area contributed by atoms with E-state index < -0.39 is 11.5 Å². The molecule has 4 nitrogen and oxygen atoms in total. The third-order valence-electron chi connectivity index (χ3n) is 1.86. The summed E-state index contributed by atoms with van der Waals surface area (Å²) in [7, 11) is 0. The molecule has 0 unspecified atom stereocenters. The number of hydrogen-bond donors (Lipinski definition) is 2. The normalized spacial score (nSPS) is 11.1. The molecule has 1 amide bonds. The molecule has 0 aliphatic carbocycles. The molecule has 0 aromatic heterocycles. The minimum absolute atomic E-state index is 0.219. The first kappa shape index (κ1) is 14.3. The molecule has 0 saturated carbocycles. The van der Waals surface area contributed by atoms with E-state index in [9.17, 15) is 9.59 Å². The second-order valence-electron chi connectivity index (χ2n) is 3.88. The van der Waals surface area contributed by atoms with Crippen LogP contribution in [0, 0.1) is 0 Å². The Morgan fingerprint density at radius 3 is 2.47 bits per heavy atom. The number of unbranched alkanes of at least 4 members (excludes halogenated alkanes) is 1. The first-order chi connectivity index (χ1) is 6.90. The predicted molar refractivity (Wildman–Crippen MR) is 62.1 cm³/mol. The molecule has 5 heteroatoms. The van der Waals surface area contributed by atoms with Crippen LogP contribution in [-0.4, -0.2) is 34.0 Å². The summed E-state index contributed by atoms with van der Waals surface area (Å²) in [6.45, 7) is 5.04. The van der Waals surface area contributed by atoms with E-state index in [2.05, 4.69) is 12.2 Å². The molecular weight excluding hydrogens is 214 g/mol. The fraction of sp³-hybridized carbons (Fsp3) is 0.800. The summed E-state index contributed by atoms with van der Waals surface area (Å²) in [5, 5.41) is 11.3. The second kappa shape index (κ2) is 6.71. The van der Waals surface area contributed by atoms with Crippen LogP contribution in [0.1, 0.15) is 33.6 Å². The Balaban J connectivity index is 3.79. The second-order valence-corrected chi connectivity index (χ2v) is 4.99. The van der Waals surface area contributed by atoms with Crippen LogP contribution in [0.5, 0.6) is 0 Å². The first-order valence-corrected chi connectivity index (χ1v) is 6.17. The minimum atomic E-state index is -1.18. The Bertz CT molecular complexity index is 229. The van der Waals surface area contributed by atoms with Gasteiger partial charge in [-0.2, -0.15) is 11.8 Å². The number of carboxylic acids is 1. The number of carboxylic acid groups (broad SMARTS) is 1. The van der Waals surface area contributed by atoms with Crippen molar-refractivity contribution in [2.45, 2.75) is 39.2 Å². The van der Waals surface area contributed by atoms with Gasteiger partial charge in [-0.15, -0.1) is 0 Å². The zero-order chi connectivity index (χ0) is 11.9. The fourth-order valence-electron chi connectivity index (χ4n) is 0.849.